The second-order valence-corrected chi connectivity index (χ2v) is 8.45. The predicted molar refractivity (Wildman–Crippen MR) is 86.9 cm³/mol. The number of hydrogen-bond donors (Lipinski definition) is 0. The highest BCUT2D eigenvalue weighted by atomic mass is 32.2. The summed E-state index contributed by atoms with van der Waals surface area (Å²) in [5.41, 5.74) is -0.428. The molecule has 3 heterocycles. The van der Waals surface area contributed by atoms with Crippen LogP contribution in [0.1, 0.15) is 31.2 Å². The molecule has 1 atom stereocenters. The molecule has 124 valence electrons. The topological polar surface area (TPSA) is 42.4 Å². The monoisotopic (exact) mass is 336 g/mol. The van der Waals surface area contributed by atoms with E-state index in [4.69, 9.17) is 4.74 Å². The number of amides is 1. The first kappa shape index (κ1) is 15.4. The van der Waals surface area contributed by atoms with Crippen LogP contribution in [-0.4, -0.2) is 51.2 Å². The number of thioether (sulfide) groups is 1. The zero-order valence-corrected chi connectivity index (χ0v) is 13.9. The molecule has 0 radical (unpaired) electrons. The van der Waals surface area contributed by atoms with Gasteiger partial charge in [-0.15, -0.1) is 11.8 Å². The minimum absolute atomic E-state index is 0.0959. The van der Waals surface area contributed by atoms with Crippen molar-refractivity contribution in [2.75, 3.05) is 18.8 Å². The Morgan fingerprint density at radius 3 is 2.78 bits per heavy atom. The van der Waals surface area contributed by atoms with E-state index in [1.165, 1.54) is 0 Å². The zero-order chi connectivity index (χ0) is 15.9. The Balaban J connectivity index is 1.26. The number of rotatable bonds is 4. The zero-order valence-electron chi connectivity index (χ0n) is 13.0. The summed E-state index contributed by atoms with van der Waals surface area (Å²) in [6.07, 6.45) is 6.35. The van der Waals surface area contributed by atoms with Crippen LogP contribution in [0.4, 0.5) is 4.39 Å². The van der Waals surface area contributed by atoms with Gasteiger partial charge < -0.3 is 9.64 Å². The Labute approximate surface area is 139 Å². The smallest absolute Gasteiger partial charge is 0.260 e. The van der Waals surface area contributed by atoms with Crippen molar-refractivity contribution in [3.05, 3.63) is 30.1 Å². The maximum atomic E-state index is 14.2. The van der Waals surface area contributed by atoms with Gasteiger partial charge in [0.2, 0.25) is 0 Å². The second-order valence-electron chi connectivity index (χ2n) is 6.97. The fourth-order valence-electron chi connectivity index (χ4n) is 3.60. The third-order valence-electron chi connectivity index (χ3n) is 5.18. The van der Waals surface area contributed by atoms with Gasteiger partial charge in [0.15, 0.2) is 5.67 Å². The summed E-state index contributed by atoms with van der Waals surface area (Å²) in [5, 5.41) is 0. The van der Waals surface area contributed by atoms with E-state index in [9.17, 15) is 9.18 Å². The minimum atomic E-state index is -1.55. The van der Waals surface area contributed by atoms with Crippen molar-refractivity contribution < 1.29 is 13.9 Å². The van der Waals surface area contributed by atoms with Gasteiger partial charge in [-0.1, -0.05) is 0 Å². The molecule has 1 saturated carbocycles. The van der Waals surface area contributed by atoms with Crippen molar-refractivity contribution in [1.82, 2.24) is 9.88 Å². The SMILES string of the molecule is O=C(N1CC2(CC(OCc3ccncc3)CS2)C1)C1(F)CCC1. The van der Waals surface area contributed by atoms with Crippen molar-refractivity contribution in [3.8, 4) is 0 Å². The van der Waals surface area contributed by atoms with Gasteiger partial charge in [-0.25, -0.2) is 4.39 Å². The molecule has 1 aromatic heterocycles. The molecule has 0 bridgehead atoms. The Kier molecular flexibility index (Phi) is 3.84. The van der Waals surface area contributed by atoms with Crippen LogP contribution in [0.2, 0.25) is 0 Å². The summed E-state index contributed by atoms with van der Waals surface area (Å²) in [7, 11) is 0. The van der Waals surface area contributed by atoms with Crippen LogP contribution >= 0.6 is 11.8 Å². The van der Waals surface area contributed by atoms with Crippen molar-refractivity contribution in [1.29, 1.82) is 0 Å². The molecule has 1 amide bonds. The number of alkyl halides is 1. The number of hydrogen-bond acceptors (Lipinski definition) is 4. The molecule has 6 heteroatoms. The number of ether oxygens (including phenoxy) is 1. The van der Waals surface area contributed by atoms with Gasteiger partial charge in [-0.2, -0.15) is 0 Å². The highest BCUT2D eigenvalue weighted by molar-refractivity contribution is 8.01. The van der Waals surface area contributed by atoms with E-state index < -0.39 is 5.67 Å². The first-order valence-electron chi connectivity index (χ1n) is 8.21. The summed E-state index contributed by atoms with van der Waals surface area (Å²) in [5.74, 6) is 0.671. The lowest BCUT2D eigenvalue weighted by molar-refractivity contribution is -0.155. The van der Waals surface area contributed by atoms with Gasteiger partial charge in [-0.3, -0.25) is 9.78 Å². The second kappa shape index (κ2) is 5.74. The molecular weight excluding hydrogens is 315 g/mol. The average Bonchev–Trinajstić information content (AvgIpc) is 2.94. The first-order valence-corrected chi connectivity index (χ1v) is 9.20. The van der Waals surface area contributed by atoms with Crippen LogP contribution < -0.4 is 0 Å². The van der Waals surface area contributed by atoms with Crippen LogP contribution in [-0.2, 0) is 16.1 Å². The van der Waals surface area contributed by atoms with E-state index in [1.54, 1.807) is 17.3 Å². The quantitative estimate of drug-likeness (QED) is 0.847. The Bertz CT molecular complexity index is 588. The van der Waals surface area contributed by atoms with Crippen LogP contribution in [0.5, 0.6) is 0 Å². The standard InChI is InChI=1S/C17H21FN2O2S/c18-17(4-1-5-17)15(21)20-11-16(12-20)8-14(10-23-16)22-9-13-2-6-19-7-3-13/h2-3,6-7,14H,1,4-5,8-12H2. The molecule has 3 aliphatic rings. The van der Waals surface area contributed by atoms with E-state index in [2.05, 4.69) is 4.98 Å². The summed E-state index contributed by atoms with van der Waals surface area (Å²) in [4.78, 5) is 17.9. The molecule has 1 spiro atoms. The van der Waals surface area contributed by atoms with Crippen LogP contribution in [0.15, 0.2) is 24.5 Å². The molecular formula is C17H21FN2O2S. The van der Waals surface area contributed by atoms with Crippen molar-refractivity contribution in [2.24, 2.45) is 0 Å². The van der Waals surface area contributed by atoms with Gasteiger partial charge in [0.05, 0.1) is 17.5 Å². The van der Waals surface area contributed by atoms with Gasteiger partial charge >= 0.3 is 0 Å². The molecule has 0 aromatic carbocycles. The van der Waals surface area contributed by atoms with Crippen LogP contribution in [0.3, 0.4) is 0 Å². The largest absolute Gasteiger partial charge is 0.373 e. The normalized spacial score (nSPS) is 27.5. The maximum Gasteiger partial charge on any atom is 0.260 e. The summed E-state index contributed by atoms with van der Waals surface area (Å²) in [6, 6.07) is 3.92. The summed E-state index contributed by atoms with van der Waals surface area (Å²) < 4.78 is 20.3. The number of carbonyl (C=O) groups excluding carboxylic acids is 1. The molecule has 2 aliphatic heterocycles. The first-order chi connectivity index (χ1) is 11.1. The lowest BCUT2D eigenvalue weighted by Gasteiger charge is -2.50. The van der Waals surface area contributed by atoms with Crippen molar-refractivity contribution in [3.63, 3.8) is 0 Å². The van der Waals surface area contributed by atoms with E-state index in [1.807, 2.05) is 23.9 Å². The number of carbonyl (C=O) groups is 1. The van der Waals surface area contributed by atoms with E-state index in [-0.39, 0.29) is 16.8 Å². The minimum Gasteiger partial charge on any atom is -0.373 e. The predicted octanol–water partition coefficient (Wildman–Crippen LogP) is 2.58. The third kappa shape index (κ3) is 2.87. The van der Waals surface area contributed by atoms with E-state index in [0.29, 0.717) is 32.5 Å². The van der Waals surface area contributed by atoms with E-state index >= 15 is 0 Å². The van der Waals surface area contributed by atoms with Crippen LogP contribution in [0.25, 0.3) is 0 Å². The fourth-order valence-corrected chi connectivity index (χ4v) is 5.15. The van der Waals surface area contributed by atoms with Crippen LogP contribution in [0, 0.1) is 0 Å². The molecule has 23 heavy (non-hydrogen) atoms. The molecule has 2 saturated heterocycles. The average molecular weight is 336 g/mol. The van der Waals surface area contributed by atoms with Gasteiger partial charge in [0.25, 0.3) is 5.91 Å². The molecule has 1 aliphatic carbocycles. The van der Waals surface area contributed by atoms with Gasteiger partial charge in [0, 0.05) is 31.2 Å². The fraction of sp³-hybridized carbons (Fsp3) is 0.647. The third-order valence-corrected chi connectivity index (χ3v) is 6.76. The molecule has 1 aromatic rings. The van der Waals surface area contributed by atoms with Gasteiger partial charge in [-0.05, 0) is 43.4 Å². The van der Waals surface area contributed by atoms with Gasteiger partial charge in [0.1, 0.15) is 0 Å². The highest BCUT2D eigenvalue weighted by Gasteiger charge is 2.56. The highest BCUT2D eigenvalue weighted by Crippen LogP contribution is 2.48. The molecule has 4 nitrogen and oxygen atoms in total. The Morgan fingerprint density at radius 1 is 1.39 bits per heavy atom. The number of likely N-dealkylation sites (tertiary alicyclic amines) is 1. The van der Waals surface area contributed by atoms with Crippen molar-refractivity contribution in [2.45, 2.75) is 48.8 Å². The lowest BCUT2D eigenvalue weighted by Crippen LogP contribution is -2.65. The number of pyridine rings is 1. The summed E-state index contributed by atoms with van der Waals surface area (Å²) >= 11 is 1.88. The number of aromatic nitrogens is 1. The summed E-state index contributed by atoms with van der Waals surface area (Å²) in [6.45, 7) is 1.95. The molecule has 4 rings (SSSR count). The van der Waals surface area contributed by atoms with E-state index in [0.717, 1.165) is 24.2 Å². The lowest BCUT2D eigenvalue weighted by atomic mass is 9.79. The Morgan fingerprint density at radius 2 is 2.13 bits per heavy atom. The molecule has 1 unspecified atom stereocenters. The molecule has 0 N–H and O–H groups in total. The maximum absolute atomic E-state index is 14.2. The molecule has 3 fully saturated rings. The number of nitrogens with zero attached hydrogens (tertiary/aromatic N) is 2. The Hall–Kier alpha value is -1.14. The van der Waals surface area contributed by atoms with Crippen molar-refractivity contribution >= 4 is 17.7 Å². The number of halogens is 1.